The summed E-state index contributed by atoms with van der Waals surface area (Å²) in [4.78, 5) is 4.24. The number of nitrogens with one attached hydrogen (secondary N) is 1. The number of thioether (sulfide) groups is 1. The number of fused-ring (bicyclic) bond motifs is 1. The summed E-state index contributed by atoms with van der Waals surface area (Å²) in [7, 11) is 0. The minimum atomic E-state index is -0.948. The van der Waals surface area contributed by atoms with Crippen molar-refractivity contribution >= 4 is 16.8 Å². The van der Waals surface area contributed by atoms with E-state index in [0.29, 0.717) is 0 Å². The van der Waals surface area contributed by atoms with E-state index in [1.54, 1.807) is 0 Å². The van der Waals surface area contributed by atoms with Crippen molar-refractivity contribution in [3.8, 4) is 0 Å². The highest BCUT2D eigenvalue weighted by molar-refractivity contribution is 8.14. The number of aliphatic imine (C=N–C) groups is 1. The van der Waals surface area contributed by atoms with E-state index in [1.807, 2.05) is 6.92 Å². The Morgan fingerprint density at radius 3 is 2.79 bits per heavy atom. The highest BCUT2D eigenvalue weighted by Gasteiger charge is 2.45. The molecule has 14 heavy (non-hydrogen) atoms. The fraction of sp³-hybridized carbons (Fsp3) is 0.875. The molecule has 2 rings (SSSR count). The zero-order valence-corrected chi connectivity index (χ0v) is 8.61. The average molecular weight is 218 g/mol. The number of rotatable bonds is 1. The summed E-state index contributed by atoms with van der Waals surface area (Å²) < 4.78 is 0. The van der Waals surface area contributed by atoms with E-state index in [0.717, 1.165) is 5.04 Å². The molecule has 2 heterocycles. The van der Waals surface area contributed by atoms with Crippen LogP contribution in [0.25, 0.3) is 0 Å². The van der Waals surface area contributed by atoms with Gasteiger partial charge in [0.2, 0.25) is 0 Å². The molecule has 2 aliphatic rings. The molecule has 5 atom stereocenters. The summed E-state index contributed by atoms with van der Waals surface area (Å²) in [5.41, 5.74) is 0. The van der Waals surface area contributed by atoms with Crippen LogP contribution >= 0.6 is 11.8 Å². The Labute approximate surface area is 86.2 Å². The van der Waals surface area contributed by atoms with Crippen molar-refractivity contribution in [2.24, 2.45) is 4.99 Å². The van der Waals surface area contributed by atoms with E-state index in [-0.39, 0.29) is 18.0 Å². The first-order chi connectivity index (χ1) is 6.63. The molecule has 0 aliphatic carbocycles. The minimum Gasteiger partial charge on any atom is -0.395 e. The predicted octanol–water partition coefficient (Wildman–Crippen LogP) is -1.47. The molecular weight excluding hydrogens is 204 g/mol. The largest absolute Gasteiger partial charge is 0.395 e. The number of piperidine rings is 1. The van der Waals surface area contributed by atoms with Crippen LogP contribution in [0.15, 0.2) is 4.99 Å². The summed E-state index contributed by atoms with van der Waals surface area (Å²) >= 11 is 1.53. The lowest BCUT2D eigenvalue weighted by atomic mass is 9.95. The molecule has 0 aromatic carbocycles. The molecule has 80 valence electrons. The lowest BCUT2D eigenvalue weighted by Crippen LogP contribution is -2.63. The molecule has 0 saturated carbocycles. The van der Waals surface area contributed by atoms with Gasteiger partial charge >= 0.3 is 0 Å². The zero-order valence-electron chi connectivity index (χ0n) is 7.79. The standard InChI is InChI=1S/C8H14N2O3S/c1-3-9-5-7(13)6(12)4(2-11)10-8(5)14-3/h4-8,10-13H,2H2,1H3/t4-,5-,6-,7-,8?/m1/s1. The molecule has 0 aromatic heterocycles. The Bertz CT molecular complexity index is 261. The summed E-state index contributed by atoms with van der Waals surface area (Å²) in [6, 6.07) is -0.752. The predicted molar refractivity (Wildman–Crippen MR) is 54.3 cm³/mol. The third-order valence-electron chi connectivity index (χ3n) is 2.63. The van der Waals surface area contributed by atoms with Crippen LogP contribution in [-0.4, -0.2) is 56.6 Å². The number of hydrogen-bond donors (Lipinski definition) is 4. The third-order valence-corrected chi connectivity index (χ3v) is 3.74. The van der Waals surface area contributed by atoms with Crippen LogP contribution in [0.2, 0.25) is 0 Å². The number of hydrogen-bond acceptors (Lipinski definition) is 6. The zero-order chi connectivity index (χ0) is 10.3. The molecule has 1 unspecified atom stereocenters. The highest BCUT2D eigenvalue weighted by Crippen LogP contribution is 2.32. The first-order valence-corrected chi connectivity index (χ1v) is 5.45. The molecule has 0 aromatic rings. The Morgan fingerprint density at radius 2 is 2.14 bits per heavy atom. The lowest BCUT2D eigenvalue weighted by Gasteiger charge is -2.38. The molecule has 5 nitrogen and oxygen atoms in total. The van der Waals surface area contributed by atoms with Crippen LogP contribution in [0, 0.1) is 0 Å². The minimum absolute atomic E-state index is 0.0226. The van der Waals surface area contributed by atoms with Gasteiger partial charge in [-0.15, -0.1) is 0 Å². The van der Waals surface area contributed by atoms with Crippen molar-refractivity contribution in [2.75, 3.05) is 6.61 Å². The number of aliphatic hydroxyl groups is 3. The van der Waals surface area contributed by atoms with Crippen molar-refractivity contribution in [1.29, 1.82) is 0 Å². The Morgan fingerprint density at radius 1 is 1.43 bits per heavy atom. The van der Waals surface area contributed by atoms with E-state index in [1.165, 1.54) is 11.8 Å². The van der Waals surface area contributed by atoms with Crippen LogP contribution in [-0.2, 0) is 0 Å². The fourth-order valence-electron chi connectivity index (χ4n) is 1.86. The van der Waals surface area contributed by atoms with Crippen LogP contribution < -0.4 is 5.32 Å². The second-order valence-electron chi connectivity index (χ2n) is 3.61. The molecule has 0 spiro atoms. The molecular formula is C8H14N2O3S. The van der Waals surface area contributed by atoms with E-state index < -0.39 is 18.2 Å². The Balaban J connectivity index is 2.14. The van der Waals surface area contributed by atoms with Gasteiger partial charge in [-0.3, -0.25) is 10.3 Å². The SMILES string of the molecule is CC1=N[C@H]2C(N[C@H](CO)[C@@H](O)[C@@H]2O)S1. The maximum absolute atomic E-state index is 9.75. The average Bonchev–Trinajstić information content (AvgIpc) is 2.52. The molecule has 0 radical (unpaired) electrons. The van der Waals surface area contributed by atoms with Crippen molar-refractivity contribution in [3.05, 3.63) is 0 Å². The van der Waals surface area contributed by atoms with Gasteiger partial charge in [0, 0.05) is 0 Å². The van der Waals surface area contributed by atoms with Crippen molar-refractivity contribution < 1.29 is 15.3 Å². The molecule has 6 heteroatoms. The van der Waals surface area contributed by atoms with Crippen LogP contribution in [0.1, 0.15) is 6.92 Å². The summed E-state index contributed by atoms with van der Waals surface area (Å²) in [5.74, 6) is 0. The van der Waals surface area contributed by atoms with Crippen LogP contribution in [0.5, 0.6) is 0 Å². The van der Waals surface area contributed by atoms with Crippen LogP contribution in [0.3, 0.4) is 0 Å². The van der Waals surface area contributed by atoms with E-state index in [9.17, 15) is 10.2 Å². The van der Waals surface area contributed by atoms with Gasteiger partial charge in [-0.2, -0.15) is 0 Å². The smallest absolute Gasteiger partial charge is 0.106 e. The summed E-state index contributed by atoms with van der Waals surface area (Å²) in [5, 5.41) is 32.3. The van der Waals surface area contributed by atoms with Crippen molar-refractivity contribution in [3.63, 3.8) is 0 Å². The number of aliphatic hydroxyl groups excluding tert-OH is 3. The van der Waals surface area contributed by atoms with Gasteiger partial charge < -0.3 is 15.3 Å². The van der Waals surface area contributed by atoms with Gasteiger partial charge in [-0.1, -0.05) is 11.8 Å². The van der Waals surface area contributed by atoms with Gasteiger partial charge in [-0.25, -0.2) is 0 Å². The quantitative estimate of drug-likeness (QED) is 0.432. The normalized spacial score (nSPS) is 47.4. The van der Waals surface area contributed by atoms with Gasteiger partial charge in [0.05, 0.1) is 29.2 Å². The van der Waals surface area contributed by atoms with Gasteiger partial charge in [-0.05, 0) is 6.92 Å². The third kappa shape index (κ3) is 1.57. The monoisotopic (exact) mass is 218 g/mol. The molecule has 1 fully saturated rings. The van der Waals surface area contributed by atoms with Crippen molar-refractivity contribution in [2.45, 2.75) is 36.6 Å². The van der Waals surface area contributed by atoms with Gasteiger partial charge in [0.1, 0.15) is 12.1 Å². The molecule has 0 bridgehead atoms. The van der Waals surface area contributed by atoms with Gasteiger partial charge in [0.15, 0.2) is 0 Å². The fourth-order valence-corrected chi connectivity index (χ4v) is 3.01. The van der Waals surface area contributed by atoms with Gasteiger partial charge in [0.25, 0.3) is 0 Å². The number of nitrogens with zero attached hydrogens (tertiary/aromatic N) is 1. The lowest BCUT2D eigenvalue weighted by molar-refractivity contribution is -0.0507. The first kappa shape index (κ1) is 10.4. The van der Waals surface area contributed by atoms with Crippen LogP contribution in [0.4, 0.5) is 0 Å². The second kappa shape index (κ2) is 3.79. The first-order valence-electron chi connectivity index (χ1n) is 4.57. The Hall–Kier alpha value is -0.140. The maximum Gasteiger partial charge on any atom is 0.106 e. The topological polar surface area (TPSA) is 85.1 Å². The molecule has 0 amide bonds. The van der Waals surface area contributed by atoms with E-state index in [4.69, 9.17) is 5.11 Å². The molecule has 2 aliphatic heterocycles. The summed E-state index contributed by atoms with van der Waals surface area (Å²) in [6.07, 6.45) is -1.83. The maximum atomic E-state index is 9.75. The molecule has 4 N–H and O–H groups in total. The van der Waals surface area contributed by atoms with Crippen molar-refractivity contribution in [1.82, 2.24) is 5.32 Å². The highest BCUT2D eigenvalue weighted by atomic mass is 32.2. The molecule has 1 saturated heterocycles. The second-order valence-corrected chi connectivity index (χ2v) is 4.95. The summed E-state index contributed by atoms with van der Waals surface area (Å²) in [6.45, 7) is 1.69. The Kier molecular flexibility index (Phi) is 2.81. The van der Waals surface area contributed by atoms with E-state index >= 15 is 0 Å². The van der Waals surface area contributed by atoms with E-state index in [2.05, 4.69) is 10.3 Å².